The van der Waals surface area contributed by atoms with Crippen molar-refractivity contribution < 1.29 is 4.74 Å². The van der Waals surface area contributed by atoms with E-state index in [4.69, 9.17) is 4.74 Å². The van der Waals surface area contributed by atoms with Gasteiger partial charge in [0.2, 0.25) is 0 Å². The van der Waals surface area contributed by atoms with Crippen LogP contribution in [0, 0.1) is 0 Å². The lowest BCUT2D eigenvalue weighted by Gasteiger charge is -2.23. The van der Waals surface area contributed by atoms with Crippen molar-refractivity contribution >= 4 is 41.0 Å². The summed E-state index contributed by atoms with van der Waals surface area (Å²) in [6.45, 7) is 1.56. The highest BCUT2D eigenvalue weighted by atomic mass is 127. The van der Waals surface area contributed by atoms with Crippen molar-refractivity contribution in [1.82, 2.24) is 20.2 Å². The molecule has 2 aromatic carbocycles. The van der Waals surface area contributed by atoms with E-state index in [1.54, 1.807) is 14.2 Å². The third-order valence-electron chi connectivity index (χ3n) is 4.49. The number of nitrogens with one attached hydrogen (secondary N) is 2. The quantitative estimate of drug-likeness (QED) is 0.227. The Kier molecular flexibility index (Phi) is 8.56. The third kappa shape index (κ3) is 5.60. The van der Waals surface area contributed by atoms with Gasteiger partial charge < -0.3 is 19.9 Å². The van der Waals surface area contributed by atoms with Gasteiger partial charge in [-0.05, 0) is 24.6 Å². The SMILES string of the molecule is CN=C(NCCCc1nc2ccccc2[nH]1)N(C)Cc1ccccc1OC.I. The number of H-pyrrole nitrogens is 1. The zero-order valence-corrected chi connectivity index (χ0v) is 18.9. The number of hydrogen-bond acceptors (Lipinski definition) is 3. The van der Waals surface area contributed by atoms with Gasteiger partial charge in [0.05, 0.1) is 18.1 Å². The van der Waals surface area contributed by atoms with Crippen LogP contribution in [0.4, 0.5) is 0 Å². The molecule has 0 aliphatic heterocycles. The number of benzene rings is 2. The fourth-order valence-electron chi connectivity index (χ4n) is 3.13. The Hall–Kier alpha value is -2.29. The zero-order chi connectivity index (χ0) is 19.1. The Morgan fingerprint density at radius 3 is 2.68 bits per heavy atom. The summed E-state index contributed by atoms with van der Waals surface area (Å²) < 4.78 is 5.43. The fraction of sp³-hybridized carbons (Fsp3) is 0.333. The van der Waals surface area contributed by atoms with Crippen molar-refractivity contribution in [3.8, 4) is 5.75 Å². The van der Waals surface area contributed by atoms with Crippen LogP contribution in [0.1, 0.15) is 17.8 Å². The lowest BCUT2D eigenvalue weighted by molar-refractivity contribution is 0.396. The first-order valence-corrected chi connectivity index (χ1v) is 9.18. The second-order valence-corrected chi connectivity index (χ2v) is 6.45. The molecule has 150 valence electrons. The molecule has 3 aromatic rings. The summed E-state index contributed by atoms with van der Waals surface area (Å²) in [6, 6.07) is 16.2. The number of imidazole rings is 1. The van der Waals surface area contributed by atoms with Crippen LogP contribution in [-0.4, -0.2) is 48.6 Å². The predicted octanol–water partition coefficient (Wildman–Crippen LogP) is 3.83. The van der Waals surface area contributed by atoms with Gasteiger partial charge in [0.25, 0.3) is 0 Å². The Labute approximate surface area is 183 Å². The van der Waals surface area contributed by atoms with Crippen LogP contribution in [0.5, 0.6) is 5.75 Å². The molecule has 0 aliphatic carbocycles. The van der Waals surface area contributed by atoms with Crippen LogP contribution < -0.4 is 10.1 Å². The molecule has 0 unspecified atom stereocenters. The van der Waals surface area contributed by atoms with Crippen molar-refractivity contribution in [3.63, 3.8) is 0 Å². The van der Waals surface area contributed by atoms with Gasteiger partial charge in [-0.2, -0.15) is 0 Å². The van der Waals surface area contributed by atoms with E-state index in [-0.39, 0.29) is 24.0 Å². The van der Waals surface area contributed by atoms with Gasteiger partial charge in [-0.25, -0.2) is 4.98 Å². The molecule has 3 rings (SSSR count). The van der Waals surface area contributed by atoms with Gasteiger partial charge in [-0.1, -0.05) is 30.3 Å². The molecule has 7 heteroatoms. The summed E-state index contributed by atoms with van der Waals surface area (Å²) in [5.41, 5.74) is 3.24. The van der Waals surface area contributed by atoms with E-state index in [0.717, 1.165) is 60.1 Å². The Bertz CT molecular complexity index is 875. The van der Waals surface area contributed by atoms with E-state index >= 15 is 0 Å². The standard InChI is InChI=1S/C21H27N5O.HI/c1-22-21(26(2)15-16-9-4-7-12-19(16)27-3)23-14-8-13-20-24-17-10-5-6-11-18(17)25-20;/h4-7,9-12H,8,13-15H2,1-3H3,(H,22,23)(H,24,25);1H. The third-order valence-corrected chi connectivity index (χ3v) is 4.49. The van der Waals surface area contributed by atoms with Gasteiger partial charge in [-0.3, -0.25) is 4.99 Å². The highest BCUT2D eigenvalue weighted by molar-refractivity contribution is 14.0. The predicted molar refractivity (Wildman–Crippen MR) is 126 cm³/mol. The van der Waals surface area contributed by atoms with Crippen molar-refractivity contribution in [1.29, 1.82) is 0 Å². The molecule has 2 N–H and O–H groups in total. The summed E-state index contributed by atoms with van der Waals surface area (Å²) in [7, 11) is 5.53. The number of aliphatic imine (C=N–C) groups is 1. The lowest BCUT2D eigenvalue weighted by atomic mass is 10.2. The molecule has 6 nitrogen and oxygen atoms in total. The number of methoxy groups -OCH3 is 1. The van der Waals surface area contributed by atoms with E-state index < -0.39 is 0 Å². The first kappa shape index (κ1) is 22.0. The molecule has 1 heterocycles. The van der Waals surface area contributed by atoms with E-state index in [9.17, 15) is 0 Å². The second-order valence-electron chi connectivity index (χ2n) is 6.45. The second kappa shape index (κ2) is 10.9. The lowest BCUT2D eigenvalue weighted by Crippen LogP contribution is -2.39. The normalized spacial score (nSPS) is 11.2. The van der Waals surface area contributed by atoms with Crippen molar-refractivity contribution in [2.45, 2.75) is 19.4 Å². The molecule has 0 radical (unpaired) electrons. The van der Waals surface area contributed by atoms with E-state index in [0.29, 0.717) is 0 Å². The fourth-order valence-corrected chi connectivity index (χ4v) is 3.13. The average Bonchev–Trinajstić information content (AvgIpc) is 3.11. The number of halogens is 1. The van der Waals surface area contributed by atoms with Crippen LogP contribution in [0.25, 0.3) is 11.0 Å². The largest absolute Gasteiger partial charge is 0.496 e. The summed E-state index contributed by atoms with van der Waals surface area (Å²) in [4.78, 5) is 14.5. The molecule has 1 aromatic heterocycles. The Morgan fingerprint density at radius 2 is 1.93 bits per heavy atom. The monoisotopic (exact) mass is 493 g/mol. The first-order chi connectivity index (χ1) is 13.2. The van der Waals surface area contributed by atoms with E-state index in [1.165, 1.54) is 0 Å². The van der Waals surface area contributed by atoms with Crippen molar-refractivity contribution in [2.24, 2.45) is 4.99 Å². The van der Waals surface area contributed by atoms with E-state index in [1.807, 2.05) is 43.4 Å². The summed E-state index contributed by atoms with van der Waals surface area (Å²) in [6.07, 6.45) is 1.87. The van der Waals surface area contributed by atoms with E-state index in [2.05, 4.69) is 37.3 Å². The first-order valence-electron chi connectivity index (χ1n) is 9.18. The van der Waals surface area contributed by atoms with Crippen LogP contribution in [0.15, 0.2) is 53.5 Å². The van der Waals surface area contributed by atoms with Crippen molar-refractivity contribution in [2.75, 3.05) is 27.7 Å². The average molecular weight is 493 g/mol. The molecule has 28 heavy (non-hydrogen) atoms. The number of rotatable bonds is 7. The molecule has 0 saturated heterocycles. The van der Waals surface area contributed by atoms with Gasteiger partial charge in [-0.15, -0.1) is 24.0 Å². The van der Waals surface area contributed by atoms with Gasteiger partial charge in [0, 0.05) is 39.2 Å². The van der Waals surface area contributed by atoms with Gasteiger partial charge >= 0.3 is 0 Å². The van der Waals surface area contributed by atoms with Gasteiger partial charge in [0.1, 0.15) is 11.6 Å². The molecular formula is C21H28IN5O. The van der Waals surface area contributed by atoms with Crippen LogP contribution in [0.2, 0.25) is 0 Å². The van der Waals surface area contributed by atoms with Crippen LogP contribution in [0.3, 0.4) is 0 Å². The number of fused-ring (bicyclic) bond motifs is 1. The minimum absolute atomic E-state index is 0. The van der Waals surface area contributed by atoms with Crippen molar-refractivity contribution in [3.05, 3.63) is 59.9 Å². The highest BCUT2D eigenvalue weighted by Crippen LogP contribution is 2.18. The topological polar surface area (TPSA) is 65.5 Å². The number of aryl methyl sites for hydroxylation is 1. The molecule has 0 spiro atoms. The number of aromatic nitrogens is 2. The number of para-hydroxylation sites is 3. The summed E-state index contributed by atoms with van der Waals surface area (Å²) >= 11 is 0. The number of ether oxygens (including phenoxy) is 1. The van der Waals surface area contributed by atoms with Gasteiger partial charge in [0.15, 0.2) is 5.96 Å². The maximum Gasteiger partial charge on any atom is 0.193 e. The number of aromatic amines is 1. The highest BCUT2D eigenvalue weighted by Gasteiger charge is 2.10. The number of hydrogen-bond donors (Lipinski definition) is 2. The molecule has 0 aliphatic rings. The Balaban J connectivity index is 0.00000280. The summed E-state index contributed by atoms with van der Waals surface area (Å²) in [5, 5.41) is 3.42. The molecular weight excluding hydrogens is 465 g/mol. The smallest absolute Gasteiger partial charge is 0.193 e. The molecule has 0 fully saturated rings. The minimum atomic E-state index is 0. The maximum atomic E-state index is 5.43. The Morgan fingerprint density at radius 1 is 1.18 bits per heavy atom. The zero-order valence-electron chi connectivity index (χ0n) is 16.6. The summed E-state index contributed by atoms with van der Waals surface area (Å²) in [5.74, 6) is 2.78. The maximum absolute atomic E-state index is 5.43. The number of guanidine groups is 1. The van der Waals surface area contributed by atoms with Crippen LogP contribution in [-0.2, 0) is 13.0 Å². The molecule has 0 amide bonds. The van der Waals surface area contributed by atoms with Crippen LogP contribution >= 0.6 is 24.0 Å². The molecule has 0 saturated carbocycles. The molecule has 0 bridgehead atoms. The minimum Gasteiger partial charge on any atom is -0.496 e. The molecule has 0 atom stereocenters. The number of nitrogens with zero attached hydrogens (tertiary/aromatic N) is 3.